The Morgan fingerprint density at radius 2 is 2.05 bits per heavy atom. The van der Waals surface area contributed by atoms with Gasteiger partial charge in [-0.15, -0.1) is 0 Å². The molecule has 1 aromatic heterocycles. The van der Waals surface area contributed by atoms with E-state index in [1.165, 1.54) is 0 Å². The van der Waals surface area contributed by atoms with Crippen molar-refractivity contribution in [2.45, 2.75) is 26.4 Å². The Hall–Kier alpha value is -2.14. The van der Waals surface area contributed by atoms with Crippen LogP contribution < -0.4 is 5.32 Å². The van der Waals surface area contributed by atoms with Crippen molar-refractivity contribution >= 4 is 5.91 Å². The largest absolute Gasteiger partial charge is 0.353 e. The summed E-state index contributed by atoms with van der Waals surface area (Å²) in [5.74, 6) is 0.981. The third-order valence-corrected chi connectivity index (χ3v) is 3.82. The minimum Gasteiger partial charge on any atom is -0.353 e. The fourth-order valence-corrected chi connectivity index (χ4v) is 2.58. The highest BCUT2D eigenvalue weighted by atomic mass is 16.2. The number of likely N-dealkylation sites (N-methyl/N-ethyl adjacent to an activating group) is 1. The number of hydrogen-bond acceptors (Lipinski definition) is 3. The molecule has 0 saturated carbocycles. The van der Waals surface area contributed by atoms with Crippen LogP contribution in [0.4, 0.5) is 0 Å². The average molecular weight is 300 g/mol. The fraction of sp³-hybridized carbons (Fsp3) is 0.412. The Balaban J connectivity index is 2.02. The van der Waals surface area contributed by atoms with Crippen LogP contribution in [0.1, 0.15) is 23.0 Å². The summed E-state index contributed by atoms with van der Waals surface area (Å²) in [5.41, 5.74) is 2.17. The first-order valence-electron chi connectivity index (χ1n) is 7.48. The number of aryl methyl sites for hydroxylation is 2. The van der Waals surface area contributed by atoms with Crippen molar-refractivity contribution in [3.63, 3.8) is 0 Å². The van der Waals surface area contributed by atoms with Crippen LogP contribution in [-0.4, -0.2) is 41.0 Å². The van der Waals surface area contributed by atoms with Gasteiger partial charge in [0.15, 0.2) is 0 Å². The first kappa shape index (κ1) is 16.2. The lowest BCUT2D eigenvalue weighted by Gasteiger charge is -2.25. The maximum absolute atomic E-state index is 12.6. The van der Waals surface area contributed by atoms with Gasteiger partial charge in [0, 0.05) is 25.5 Å². The van der Waals surface area contributed by atoms with Crippen molar-refractivity contribution in [2.24, 2.45) is 0 Å². The smallest absolute Gasteiger partial charge is 0.242 e. The summed E-state index contributed by atoms with van der Waals surface area (Å²) in [5, 5.41) is 3.03. The molecule has 0 aliphatic heterocycles. The van der Waals surface area contributed by atoms with Crippen molar-refractivity contribution in [1.82, 2.24) is 19.8 Å². The van der Waals surface area contributed by atoms with E-state index in [-0.39, 0.29) is 11.9 Å². The van der Waals surface area contributed by atoms with Crippen molar-refractivity contribution in [3.8, 4) is 0 Å². The van der Waals surface area contributed by atoms with Gasteiger partial charge in [0.25, 0.3) is 0 Å². The van der Waals surface area contributed by atoms with Crippen LogP contribution in [0.15, 0.2) is 36.7 Å². The Morgan fingerprint density at radius 1 is 1.32 bits per heavy atom. The molecule has 0 saturated heterocycles. The summed E-state index contributed by atoms with van der Waals surface area (Å²) in [4.78, 5) is 18.7. The minimum atomic E-state index is -0.273. The second kappa shape index (κ2) is 7.22. The van der Waals surface area contributed by atoms with Gasteiger partial charge in [0.1, 0.15) is 11.9 Å². The van der Waals surface area contributed by atoms with Gasteiger partial charge >= 0.3 is 0 Å². The van der Waals surface area contributed by atoms with Gasteiger partial charge in [-0.05, 0) is 39.1 Å². The van der Waals surface area contributed by atoms with Gasteiger partial charge < -0.3 is 9.88 Å². The van der Waals surface area contributed by atoms with Crippen molar-refractivity contribution in [3.05, 3.63) is 53.6 Å². The Morgan fingerprint density at radius 3 is 2.64 bits per heavy atom. The maximum Gasteiger partial charge on any atom is 0.242 e. The van der Waals surface area contributed by atoms with E-state index >= 15 is 0 Å². The number of amides is 1. The van der Waals surface area contributed by atoms with Crippen molar-refractivity contribution in [2.75, 3.05) is 20.6 Å². The Bertz CT molecular complexity index is 633. The molecule has 0 radical (unpaired) electrons. The summed E-state index contributed by atoms with van der Waals surface area (Å²) in [6, 6.07) is 7.74. The SMILES string of the molecule is Cc1ccccc1[C@H](C(=O)NCCn1ccnc1C)N(C)C. The first-order valence-corrected chi connectivity index (χ1v) is 7.48. The number of rotatable bonds is 6. The van der Waals surface area contributed by atoms with Gasteiger partial charge in [0.2, 0.25) is 5.91 Å². The number of aromatic nitrogens is 2. The zero-order valence-corrected chi connectivity index (χ0v) is 13.7. The van der Waals surface area contributed by atoms with Crippen LogP contribution >= 0.6 is 0 Å². The van der Waals surface area contributed by atoms with Crippen LogP contribution in [0.5, 0.6) is 0 Å². The predicted molar refractivity (Wildman–Crippen MR) is 87.6 cm³/mol. The summed E-state index contributed by atoms with van der Waals surface area (Å²) in [6.07, 6.45) is 3.69. The lowest BCUT2D eigenvalue weighted by Crippen LogP contribution is -2.38. The molecule has 118 valence electrons. The number of imidazole rings is 1. The molecule has 2 rings (SSSR count). The monoisotopic (exact) mass is 300 g/mol. The summed E-state index contributed by atoms with van der Waals surface area (Å²) >= 11 is 0. The Labute approximate surface area is 132 Å². The molecule has 0 spiro atoms. The molecule has 1 N–H and O–H groups in total. The van der Waals surface area contributed by atoms with Gasteiger partial charge in [-0.1, -0.05) is 24.3 Å². The molecule has 0 aliphatic carbocycles. The zero-order chi connectivity index (χ0) is 16.1. The second-order valence-corrected chi connectivity index (χ2v) is 5.68. The number of benzene rings is 1. The highest BCUT2D eigenvalue weighted by molar-refractivity contribution is 5.83. The number of nitrogens with one attached hydrogen (secondary N) is 1. The van der Waals surface area contributed by atoms with E-state index in [2.05, 4.69) is 10.3 Å². The zero-order valence-electron chi connectivity index (χ0n) is 13.7. The average Bonchev–Trinajstić information content (AvgIpc) is 2.86. The standard InChI is InChI=1S/C17H24N4O/c1-13-7-5-6-8-15(13)16(20(3)4)17(22)19-10-12-21-11-9-18-14(21)2/h5-9,11,16H,10,12H2,1-4H3,(H,19,22)/t16-/m1/s1. The molecule has 1 amide bonds. The van der Waals surface area contributed by atoms with E-state index in [9.17, 15) is 4.79 Å². The minimum absolute atomic E-state index is 0.0251. The summed E-state index contributed by atoms with van der Waals surface area (Å²) < 4.78 is 2.03. The second-order valence-electron chi connectivity index (χ2n) is 5.68. The topological polar surface area (TPSA) is 50.2 Å². The molecular weight excluding hydrogens is 276 g/mol. The molecule has 2 aromatic rings. The third-order valence-electron chi connectivity index (χ3n) is 3.82. The molecule has 22 heavy (non-hydrogen) atoms. The van der Waals surface area contributed by atoms with E-state index in [1.807, 2.05) is 67.9 Å². The van der Waals surface area contributed by atoms with Crippen LogP contribution in [0, 0.1) is 13.8 Å². The van der Waals surface area contributed by atoms with E-state index < -0.39 is 0 Å². The van der Waals surface area contributed by atoms with Crippen molar-refractivity contribution < 1.29 is 4.79 Å². The normalized spacial score (nSPS) is 12.4. The van der Waals surface area contributed by atoms with Crippen molar-refractivity contribution in [1.29, 1.82) is 0 Å². The maximum atomic E-state index is 12.6. The molecule has 0 fully saturated rings. The van der Waals surface area contributed by atoms with Gasteiger partial charge in [0.05, 0.1) is 0 Å². The molecule has 0 bridgehead atoms. The number of nitrogens with zero attached hydrogens (tertiary/aromatic N) is 3. The molecule has 1 atom stereocenters. The Kier molecular flexibility index (Phi) is 5.33. The molecule has 0 unspecified atom stereocenters. The van der Waals surface area contributed by atoms with E-state index in [1.54, 1.807) is 6.20 Å². The lowest BCUT2D eigenvalue weighted by molar-refractivity contribution is -0.125. The highest BCUT2D eigenvalue weighted by Gasteiger charge is 2.23. The predicted octanol–water partition coefficient (Wildman–Crippen LogP) is 1.92. The molecule has 5 nitrogen and oxygen atoms in total. The summed E-state index contributed by atoms with van der Waals surface area (Å²) in [6.45, 7) is 5.31. The quantitative estimate of drug-likeness (QED) is 0.887. The van der Waals surface area contributed by atoms with Crippen LogP contribution in [0.3, 0.4) is 0 Å². The van der Waals surface area contributed by atoms with Gasteiger partial charge in [-0.25, -0.2) is 4.98 Å². The fourth-order valence-electron chi connectivity index (χ4n) is 2.58. The van der Waals surface area contributed by atoms with E-state index in [0.717, 1.165) is 23.5 Å². The number of hydrogen-bond donors (Lipinski definition) is 1. The molecular formula is C17H24N4O. The van der Waals surface area contributed by atoms with Gasteiger partial charge in [-0.3, -0.25) is 9.69 Å². The number of carbonyl (C=O) groups excluding carboxylic acids is 1. The lowest BCUT2D eigenvalue weighted by atomic mass is 10.00. The molecule has 1 aromatic carbocycles. The van der Waals surface area contributed by atoms with E-state index in [4.69, 9.17) is 0 Å². The van der Waals surface area contributed by atoms with Crippen LogP contribution in [0.25, 0.3) is 0 Å². The molecule has 1 heterocycles. The van der Waals surface area contributed by atoms with E-state index in [0.29, 0.717) is 6.54 Å². The highest BCUT2D eigenvalue weighted by Crippen LogP contribution is 2.21. The molecule has 0 aliphatic rings. The molecule has 5 heteroatoms. The third kappa shape index (κ3) is 3.74. The van der Waals surface area contributed by atoms with Crippen LogP contribution in [-0.2, 0) is 11.3 Å². The first-order chi connectivity index (χ1) is 10.5. The van der Waals surface area contributed by atoms with Crippen LogP contribution in [0.2, 0.25) is 0 Å². The number of carbonyl (C=O) groups is 1. The summed E-state index contributed by atoms with van der Waals surface area (Å²) in [7, 11) is 3.85. The van der Waals surface area contributed by atoms with Gasteiger partial charge in [-0.2, -0.15) is 0 Å².